The number of pyridine rings is 1. The fourth-order valence-electron chi connectivity index (χ4n) is 2.10. The van der Waals surface area contributed by atoms with Crippen LogP contribution in [0.2, 0.25) is 0 Å². The second kappa shape index (κ2) is 4.54. The number of aromatic amines is 1. The van der Waals surface area contributed by atoms with E-state index >= 15 is 0 Å². The molecule has 0 aromatic carbocycles. The number of nitrogens with one attached hydrogen (secondary N) is 1. The highest BCUT2D eigenvalue weighted by molar-refractivity contribution is 5.93. The van der Waals surface area contributed by atoms with E-state index in [1.807, 2.05) is 18.3 Å². The Bertz CT molecular complexity index is 659. The number of H-pyrrole nitrogens is 1. The van der Waals surface area contributed by atoms with Gasteiger partial charge in [0.25, 0.3) is 0 Å². The van der Waals surface area contributed by atoms with Crippen LogP contribution in [0.4, 0.5) is 0 Å². The molecule has 0 fully saturated rings. The van der Waals surface area contributed by atoms with Crippen LogP contribution in [0.1, 0.15) is 5.56 Å². The van der Waals surface area contributed by atoms with Gasteiger partial charge in [-0.15, -0.1) is 0 Å². The molecule has 3 rings (SSSR count). The maximum atomic E-state index is 5.63. The summed E-state index contributed by atoms with van der Waals surface area (Å²) in [6, 6.07) is 3.90. The molecule has 0 radical (unpaired) electrons. The third-order valence-electron chi connectivity index (χ3n) is 2.90. The summed E-state index contributed by atoms with van der Waals surface area (Å²) in [6.45, 7) is 0.605. The smallest absolute Gasteiger partial charge is 0.141 e. The lowest BCUT2D eigenvalue weighted by Crippen LogP contribution is -2.02. The molecule has 18 heavy (non-hydrogen) atoms. The minimum Gasteiger partial charge on any atom is -0.346 e. The third-order valence-corrected chi connectivity index (χ3v) is 2.90. The first-order valence-electron chi connectivity index (χ1n) is 5.81. The van der Waals surface area contributed by atoms with Gasteiger partial charge >= 0.3 is 0 Å². The standard InChI is InChI=1S/C13H13N5/c14-4-3-9-7-16-13-11(9)12(17-8-18-13)10-2-1-5-15-6-10/h1-2,5-8H,3-4,14H2,(H,16,17,18). The van der Waals surface area contributed by atoms with Crippen LogP contribution in [-0.2, 0) is 6.42 Å². The average molecular weight is 239 g/mol. The second-order valence-electron chi connectivity index (χ2n) is 4.04. The van der Waals surface area contributed by atoms with Crippen molar-refractivity contribution in [2.24, 2.45) is 5.73 Å². The first-order chi connectivity index (χ1) is 8.90. The quantitative estimate of drug-likeness (QED) is 0.726. The van der Waals surface area contributed by atoms with Crippen molar-refractivity contribution in [3.05, 3.63) is 42.6 Å². The number of hydrogen-bond donors (Lipinski definition) is 2. The van der Waals surface area contributed by atoms with Crippen molar-refractivity contribution < 1.29 is 0 Å². The molecule has 0 amide bonds. The summed E-state index contributed by atoms with van der Waals surface area (Å²) in [5.41, 5.74) is 9.51. The minimum atomic E-state index is 0.605. The van der Waals surface area contributed by atoms with Crippen molar-refractivity contribution in [3.8, 4) is 11.3 Å². The van der Waals surface area contributed by atoms with Gasteiger partial charge in [-0.1, -0.05) is 0 Å². The molecule has 3 aromatic heterocycles. The second-order valence-corrected chi connectivity index (χ2v) is 4.04. The average Bonchev–Trinajstić information content (AvgIpc) is 2.84. The summed E-state index contributed by atoms with van der Waals surface area (Å²) in [5, 5.41) is 1.04. The van der Waals surface area contributed by atoms with Crippen LogP contribution in [0.3, 0.4) is 0 Å². The zero-order valence-corrected chi connectivity index (χ0v) is 9.80. The Morgan fingerprint density at radius 1 is 1.28 bits per heavy atom. The normalized spacial score (nSPS) is 10.9. The van der Waals surface area contributed by atoms with Gasteiger partial charge in [-0.05, 0) is 30.7 Å². The largest absolute Gasteiger partial charge is 0.346 e. The molecule has 3 N–H and O–H groups in total. The zero-order chi connectivity index (χ0) is 12.4. The van der Waals surface area contributed by atoms with Crippen LogP contribution in [0.5, 0.6) is 0 Å². The van der Waals surface area contributed by atoms with E-state index in [9.17, 15) is 0 Å². The molecule has 0 spiro atoms. The van der Waals surface area contributed by atoms with E-state index < -0.39 is 0 Å². The number of nitrogens with zero attached hydrogens (tertiary/aromatic N) is 3. The van der Waals surface area contributed by atoms with Gasteiger partial charge < -0.3 is 10.7 Å². The number of fused-ring (bicyclic) bond motifs is 1. The van der Waals surface area contributed by atoms with Crippen molar-refractivity contribution in [1.82, 2.24) is 19.9 Å². The molecular formula is C13H13N5. The summed E-state index contributed by atoms with van der Waals surface area (Å²) >= 11 is 0. The van der Waals surface area contributed by atoms with Crippen molar-refractivity contribution in [2.45, 2.75) is 6.42 Å². The van der Waals surface area contributed by atoms with Crippen LogP contribution < -0.4 is 5.73 Å². The fourth-order valence-corrected chi connectivity index (χ4v) is 2.10. The summed E-state index contributed by atoms with van der Waals surface area (Å²) in [7, 11) is 0. The van der Waals surface area contributed by atoms with Crippen molar-refractivity contribution in [3.63, 3.8) is 0 Å². The van der Waals surface area contributed by atoms with Gasteiger partial charge in [0, 0.05) is 29.5 Å². The zero-order valence-electron chi connectivity index (χ0n) is 9.80. The van der Waals surface area contributed by atoms with Gasteiger partial charge in [-0.2, -0.15) is 0 Å². The highest BCUT2D eigenvalue weighted by Gasteiger charge is 2.11. The minimum absolute atomic E-state index is 0.605. The van der Waals surface area contributed by atoms with Gasteiger partial charge in [0.1, 0.15) is 12.0 Å². The number of rotatable bonds is 3. The van der Waals surface area contributed by atoms with Crippen LogP contribution in [0, 0.1) is 0 Å². The molecule has 0 atom stereocenters. The fraction of sp³-hybridized carbons (Fsp3) is 0.154. The van der Waals surface area contributed by atoms with Gasteiger partial charge in [0.15, 0.2) is 0 Å². The highest BCUT2D eigenvalue weighted by atomic mass is 14.9. The molecule has 90 valence electrons. The number of nitrogens with two attached hydrogens (primary N) is 1. The highest BCUT2D eigenvalue weighted by Crippen LogP contribution is 2.27. The Kier molecular flexibility index (Phi) is 2.74. The number of hydrogen-bond acceptors (Lipinski definition) is 4. The monoisotopic (exact) mass is 239 g/mol. The van der Waals surface area contributed by atoms with E-state index in [1.54, 1.807) is 18.7 Å². The molecule has 3 aromatic rings. The van der Waals surface area contributed by atoms with Gasteiger partial charge in [-0.25, -0.2) is 9.97 Å². The van der Waals surface area contributed by atoms with Gasteiger partial charge in [0.2, 0.25) is 0 Å². The summed E-state index contributed by atoms with van der Waals surface area (Å²) in [5.74, 6) is 0. The van der Waals surface area contributed by atoms with Crippen molar-refractivity contribution in [1.29, 1.82) is 0 Å². The topological polar surface area (TPSA) is 80.5 Å². The molecular weight excluding hydrogens is 226 g/mol. The first-order valence-corrected chi connectivity index (χ1v) is 5.81. The van der Waals surface area contributed by atoms with Crippen molar-refractivity contribution >= 4 is 11.0 Å². The van der Waals surface area contributed by atoms with Gasteiger partial charge in [-0.3, -0.25) is 4.98 Å². The SMILES string of the molecule is NCCc1c[nH]c2ncnc(-c3cccnc3)c12. The summed E-state index contributed by atoms with van der Waals surface area (Å²) in [4.78, 5) is 15.9. The van der Waals surface area contributed by atoms with E-state index in [4.69, 9.17) is 5.73 Å². The Morgan fingerprint density at radius 3 is 3.00 bits per heavy atom. The maximum Gasteiger partial charge on any atom is 0.141 e. The Balaban J connectivity index is 2.25. The molecule has 0 aliphatic rings. The van der Waals surface area contributed by atoms with E-state index in [0.29, 0.717) is 6.54 Å². The molecule has 0 saturated carbocycles. The summed E-state index contributed by atoms with van der Waals surface area (Å²) < 4.78 is 0. The molecule has 0 bridgehead atoms. The van der Waals surface area contributed by atoms with E-state index in [1.165, 1.54) is 0 Å². The lowest BCUT2D eigenvalue weighted by molar-refractivity contribution is 0.976. The van der Waals surface area contributed by atoms with Gasteiger partial charge in [0.05, 0.1) is 5.69 Å². The molecule has 0 aliphatic carbocycles. The maximum absolute atomic E-state index is 5.63. The lowest BCUT2D eigenvalue weighted by atomic mass is 10.1. The van der Waals surface area contributed by atoms with E-state index in [2.05, 4.69) is 19.9 Å². The molecule has 0 unspecified atom stereocenters. The molecule has 5 nitrogen and oxygen atoms in total. The first kappa shape index (κ1) is 10.9. The van der Waals surface area contributed by atoms with Crippen LogP contribution in [0.15, 0.2) is 37.1 Å². The van der Waals surface area contributed by atoms with Crippen LogP contribution in [0.25, 0.3) is 22.3 Å². The Morgan fingerprint density at radius 2 is 2.22 bits per heavy atom. The lowest BCUT2D eigenvalue weighted by Gasteiger charge is -2.03. The molecule has 0 aliphatic heterocycles. The molecule has 3 heterocycles. The van der Waals surface area contributed by atoms with E-state index in [-0.39, 0.29) is 0 Å². The summed E-state index contributed by atoms with van der Waals surface area (Å²) in [6.07, 6.45) is 7.88. The number of aromatic nitrogens is 4. The van der Waals surface area contributed by atoms with Crippen LogP contribution in [-0.4, -0.2) is 26.5 Å². The molecule has 5 heteroatoms. The van der Waals surface area contributed by atoms with E-state index in [0.717, 1.165) is 34.3 Å². The van der Waals surface area contributed by atoms with Crippen molar-refractivity contribution in [2.75, 3.05) is 6.54 Å². The predicted octanol–water partition coefficient (Wildman–Crippen LogP) is 1.52. The Hall–Kier alpha value is -2.27. The third kappa shape index (κ3) is 1.74. The van der Waals surface area contributed by atoms with Crippen LogP contribution >= 0.6 is 0 Å². The Labute approximate surface area is 104 Å². The predicted molar refractivity (Wildman–Crippen MR) is 69.9 cm³/mol. The molecule has 0 saturated heterocycles.